The molecule has 0 aromatic heterocycles. The monoisotopic (exact) mass is 1080 g/mol. The van der Waals surface area contributed by atoms with Gasteiger partial charge in [0.1, 0.15) is 13.2 Å². The van der Waals surface area contributed by atoms with Crippen LogP contribution in [0.25, 0.3) is 0 Å². The van der Waals surface area contributed by atoms with Crippen molar-refractivity contribution < 1.29 is 28.6 Å². The van der Waals surface area contributed by atoms with Gasteiger partial charge in [0.15, 0.2) is 6.10 Å². The largest absolute Gasteiger partial charge is 0.462 e. The maximum atomic E-state index is 12.8. The predicted octanol–water partition coefficient (Wildman–Crippen LogP) is 23.6. The van der Waals surface area contributed by atoms with E-state index in [0.29, 0.717) is 19.3 Å². The normalized spacial score (nSPS) is 12.2. The summed E-state index contributed by atoms with van der Waals surface area (Å²) >= 11 is 0. The van der Waals surface area contributed by atoms with Crippen LogP contribution in [0.15, 0.2) is 36.5 Å². The highest BCUT2D eigenvalue weighted by molar-refractivity contribution is 5.71. The second kappa shape index (κ2) is 66.1. The van der Waals surface area contributed by atoms with Gasteiger partial charge in [-0.3, -0.25) is 14.4 Å². The molecule has 0 aliphatic rings. The molecule has 0 aliphatic carbocycles. The first-order chi connectivity index (χ1) is 38.0. The maximum Gasteiger partial charge on any atom is 0.306 e. The van der Waals surface area contributed by atoms with Gasteiger partial charge in [0.05, 0.1) is 0 Å². The van der Waals surface area contributed by atoms with Crippen LogP contribution >= 0.6 is 0 Å². The molecule has 0 saturated heterocycles. The average Bonchev–Trinajstić information content (AvgIpc) is 3.43. The van der Waals surface area contributed by atoms with E-state index in [0.717, 1.165) is 96.3 Å². The van der Waals surface area contributed by atoms with Crippen molar-refractivity contribution in [3.8, 4) is 0 Å². The van der Waals surface area contributed by atoms with Gasteiger partial charge in [-0.1, -0.05) is 346 Å². The fourth-order valence-corrected chi connectivity index (χ4v) is 10.5. The van der Waals surface area contributed by atoms with Gasteiger partial charge in [-0.05, 0) is 51.4 Å². The molecular weight excluding hydrogens is 949 g/mol. The Labute approximate surface area is 480 Å². The van der Waals surface area contributed by atoms with Crippen LogP contribution in [0, 0.1) is 0 Å². The molecule has 6 nitrogen and oxygen atoms in total. The lowest BCUT2D eigenvalue weighted by atomic mass is 10.0. The minimum Gasteiger partial charge on any atom is -0.462 e. The number of rotatable bonds is 64. The SMILES string of the molecule is CC/C=C\C/C=C\C/C=C\CCCCCCCC(=O)OC(COC(=O)CCCCCCCCCCC)COC(=O)CCCCCCCCCCCCCCCCCCCCCCCCCCCCCCCCCCCCC. The second-order valence-electron chi connectivity index (χ2n) is 23.4. The zero-order valence-corrected chi connectivity index (χ0v) is 52.0. The van der Waals surface area contributed by atoms with E-state index in [1.165, 1.54) is 244 Å². The zero-order chi connectivity index (χ0) is 55.7. The summed E-state index contributed by atoms with van der Waals surface area (Å²) in [5, 5.41) is 0. The topological polar surface area (TPSA) is 78.9 Å². The van der Waals surface area contributed by atoms with E-state index < -0.39 is 6.10 Å². The number of ether oxygens (including phenoxy) is 3. The zero-order valence-electron chi connectivity index (χ0n) is 52.0. The molecule has 0 saturated carbocycles. The number of unbranched alkanes of at least 4 members (excludes halogenated alkanes) is 47. The Kier molecular flexibility index (Phi) is 64.1. The van der Waals surface area contributed by atoms with Crippen molar-refractivity contribution in [3.63, 3.8) is 0 Å². The van der Waals surface area contributed by atoms with Crippen LogP contribution in [-0.2, 0) is 28.6 Å². The molecule has 0 aromatic carbocycles. The fourth-order valence-electron chi connectivity index (χ4n) is 10.5. The number of allylic oxidation sites excluding steroid dienone is 6. The Balaban J connectivity index is 3.95. The van der Waals surface area contributed by atoms with Crippen molar-refractivity contribution in [2.75, 3.05) is 13.2 Å². The summed E-state index contributed by atoms with van der Waals surface area (Å²) in [6.45, 7) is 6.55. The second-order valence-corrected chi connectivity index (χ2v) is 23.4. The summed E-state index contributed by atoms with van der Waals surface area (Å²) in [6.07, 6.45) is 82.2. The molecule has 1 unspecified atom stereocenters. The third-order valence-corrected chi connectivity index (χ3v) is 15.7. The summed E-state index contributed by atoms with van der Waals surface area (Å²) in [6, 6.07) is 0. The molecule has 0 aliphatic heterocycles. The van der Waals surface area contributed by atoms with Crippen LogP contribution in [0.2, 0.25) is 0 Å². The lowest BCUT2D eigenvalue weighted by molar-refractivity contribution is -0.167. The van der Waals surface area contributed by atoms with E-state index in [-0.39, 0.29) is 31.1 Å². The molecule has 1 atom stereocenters. The highest BCUT2D eigenvalue weighted by Gasteiger charge is 2.19. The quantitative estimate of drug-likeness (QED) is 0.0261. The van der Waals surface area contributed by atoms with Gasteiger partial charge >= 0.3 is 17.9 Å². The van der Waals surface area contributed by atoms with Crippen molar-refractivity contribution in [1.82, 2.24) is 0 Å². The molecule has 0 radical (unpaired) electrons. The molecule has 452 valence electrons. The van der Waals surface area contributed by atoms with Gasteiger partial charge in [-0.2, -0.15) is 0 Å². The predicted molar refractivity (Wildman–Crippen MR) is 335 cm³/mol. The van der Waals surface area contributed by atoms with E-state index in [1.807, 2.05) is 0 Å². The van der Waals surface area contributed by atoms with Gasteiger partial charge in [-0.25, -0.2) is 0 Å². The lowest BCUT2D eigenvalue weighted by Crippen LogP contribution is -2.30. The molecule has 0 amide bonds. The highest BCUT2D eigenvalue weighted by Crippen LogP contribution is 2.19. The Bertz CT molecular complexity index is 1290. The molecule has 0 bridgehead atoms. The summed E-state index contributed by atoms with van der Waals surface area (Å²) in [5.41, 5.74) is 0. The van der Waals surface area contributed by atoms with Crippen LogP contribution < -0.4 is 0 Å². The van der Waals surface area contributed by atoms with E-state index in [9.17, 15) is 14.4 Å². The van der Waals surface area contributed by atoms with Crippen LogP contribution in [0.4, 0.5) is 0 Å². The van der Waals surface area contributed by atoms with Crippen LogP contribution in [0.5, 0.6) is 0 Å². The molecule has 0 fully saturated rings. The third-order valence-electron chi connectivity index (χ3n) is 15.7. The molecule has 0 heterocycles. The smallest absolute Gasteiger partial charge is 0.306 e. The summed E-state index contributed by atoms with van der Waals surface area (Å²) in [5.74, 6) is -0.874. The van der Waals surface area contributed by atoms with Crippen LogP contribution in [0.3, 0.4) is 0 Å². The molecule has 0 aromatic rings. The third kappa shape index (κ3) is 64.3. The number of esters is 3. The maximum absolute atomic E-state index is 12.8. The standard InChI is InChI=1S/C71H132O6/c1-4-7-10-13-16-19-21-23-25-26-27-28-29-30-31-32-33-34-35-36-37-38-39-40-41-42-43-44-46-47-49-52-55-58-61-64-70(73)76-67-68(66-75-69(72)63-60-57-54-51-18-15-12-9-6-3)77-71(74)65-62-59-56-53-50-48-45-24-22-20-17-14-11-8-5-2/h8,11,17,20,24,45,68H,4-7,9-10,12-16,18-19,21-23,25-44,46-67H2,1-3H3/b11-8-,20-17-,45-24-. The summed E-state index contributed by atoms with van der Waals surface area (Å²) in [7, 11) is 0. The first-order valence-electron chi connectivity index (χ1n) is 34.5. The molecule has 6 heteroatoms. The van der Waals surface area contributed by atoms with Crippen LogP contribution in [0.1, 0.15) is 380 Å². The Morgan fingerprint density at radius 1 is 0.273 bits per heavy atom. The number of hydrogen-bond acceptors (Lipinski definition) is 6. The number of hydrogen-bond donors (Lipinski definition) is 0. The van der Waals surface area contributed by atoms with Gasteiger partial charge in [0, 0.05) is 19.3 Å². The Morgan fingerprint density at radius 3 is 0.792 bits per heavy atom. The van der Waals surface area contributed by atoms with E-state index >= 15 is 0 Å². The molecular formula is C71H132O6. The van der Waals surface area contributed by atoms with Crippen molar-refractivity contribution in [2.24, 2.45) is 0 Å². The Hall–Kier alpha value is -2.37. The number of carbonyl (C=O) groups is 3. The van der Waals surface area contributed by atoms with Gasteiger partial charge in [0.25, 0.3) is 0 Å². The molecule has 77 heavy (non-hydrogen) atoms. The van der Waals surface area contributed by atoms with E-state index in [2.05, 4.69) is 57.2 Å². The average molecular weight is 1080 g/mol. The Morgan fingerprint density at radius 2 is 0.506 bits per heavy atom. The van der Waals surface area contributed by atoms with E-state index in [4.69, 9.17) is 14.2 Å². The van der Waals surface area contributed by atoms with Gasteiger partial charge < -0.3 is 14.2 Å². The minimum absolute atomic E-state index is 0.0746. The molecule has 0 spiro atoms. The van der Waals surface area contributed by atoms with Crippen molar-refractivity contribution in [1.29, 1.82) is 0 Å². The van der Waals surface area contributed by atoms with Gasteiger partial charge in [0.2, 0.25) is 0 Å². The summed E-state index contributed by atoms with van der Waals surface area (Å²) in [4.78, 5) is 38.1. The van der Waals surface area contributed by atoms with Crippen molar-refractivity contribution >= 4 is 17.9 Å². The molecule has 0 rings (SSSR count). The highest BCUT2D eigenvalue weighted by atomic mass is 16.6. The summed E-state index contributed by atoms with van der Waals surface area (Å²) < 4.78 is 16.9. The lowest BCUT2D eigenvalue weighted by Gasteiger charge is -2.18. The van der Waals surface area contributed by atoms with Crippen LogP contribution in [-0.4, -0.2) is 37.2 Å². The molecule has 0 N–H and O–H groups in total. The minimum atomic E-state index is -0.777. The fraction of sp³-hybridized carbons (Fsp3) is 0.873. The first-order valence-corrected chi connectivity index (χ1v) is 34.5. The number of carbonyl (C=O) groups excluding carboxylic acids is 3. The first kappa shape index (κ1) is 74.6. The van der Waals surface area contributed by atoms with Crippen molar-refractivity contribution in [3.05, 3.63) is 36.5 Å². The van der Waals surface area contributed by atoms with Crippen molar-refractivity contribution in [2.45, 2.75) is 386 Å². The van der Waals surface area contributed by atoms with Gasteiger partial charge in [-0.15, -0.1) is 0 Å². The van der Waals surface area contributed by atoms with E-state index in [1.54, 1.807) is 0 Å².